The lowest BCUT2D eigenvalue weighted by atomic mass is 9.85. The van der Waals surface area contributed by atoms with Gasteiger partial charge in [-0.1, -0.05) is 86.6 Å². The number of halogens is 1. The second kappa shape index (κ2) is 12.0. The minimum atomic E-state index is -0.960. The fraction of sp³-hybridized carbons (Fsp3) is 0.310. The zero-order chi connectivity index (χ0) is 24.1. The van der Waals surface area contributed by atoms with E-state index in [2.05, 4.69) is 48.7 Å². The van der Waals surface area contributed by atoms with Crippen LogP contribution in [0.25, 0.3) is 0 Å². The summed E-state index contributed by atoms with van der Waals surface area (Å²) in [6.45, 7) is 4.33. The standard InChI is InChI=1S/C29H32N2O3.ClH/c1-19(2)22-14-12-21(13-15-22)16-24-18-23-10-6-7-11-25(23)31-28(32)27(24)30-26(29(33)34)17-20-8-4-3-5-9-20;/h3-15,19,24,26-27,30H,16-18H2,1-2H3,(H,31,32)(H,33,34);1H/t24?,26-,27+;/m0./s1. The normalized spacial score (nSPS) is 18.1. The first kappa shape index (κ1) is 26.5. The van der Waals surface area contributed by atoms with Gasteiger partial charge in [-0.3, -0.25) is 14.9 Å². The third kappa shape index (κ3) is 6.71. The first-order valence-corrected chi connectivity index (χ1v) is 11.9. The molecule has 0 bridgehead atoms. The molecule has 1 amide bonds. The minimum absolute atomic E-state index is 0. The maximum absolute atomic E-state index is 13.4. The van der Waals surface area contributed by atoms with Crippen molar-refractivity contribution in [2.75, 3.05) is 5.32 Å². The summed E-state index contributed by atoms with van der Waals surface area (Å²) in [7, 11) is 0. The van der Waals surface area contributed by atoms with Crippen LogP contribution >= 0.6 is 12.4 Å². The minimum Gasteiger partial charge on any atom is -0.480 e. The van der Waals surface area contributed by atoms with Crippen LogP contribution in [0.1, 0.15) is 42.0 Å². The van der Waals surface area contributed by atoms with Crippen molar-refractivity contribution in [1.29, 1.82) is 0 Å². The van der Waals surface area contributed by atoms with Crippen LogP contribution in [-0.2, 0) is 28.9 Å². The van der Waals surface area contributed by atoms with Crippen LogP contribution in [0.15, 0.2) is 78.9 Å². The van der Waals surface area contributed by atoms with Gasteiger partial charge in [-0.25, -0.2) is 0 Å². The van der Waals surface area contributed by atoms with Crippen LogP contribution < -0.4 is 10.6 Å². The highest BCUT2D eigenvalue weighted by atomic mass is 35.5. The Morgan fingerprint density at radius 2 is 1.63 bits per heavy atom. The first-order chi connectivity index (χ1) is 16.4. The van der Waals surface area contributed by atoms with E-state index in [1.165, 1.54) is 5.56 Å². The third-order valence-electron chi connectivity index (χ3n) is 6.62. The smallest absolute Gasteiger partial charge is 0.321 e. The maximum atomic E-state index is 13.4. The average molecular weight is 493 g/mol. The lowest BCUT2D eigenvalue weighted by Crippen LogP contribution is -2.53. The predicted molar refractivity (Wildman–Crippen MR) is 142 cm³/mol. The number of carbonyl (C=O) groups excluding carboxylic acids is 1. The number of para-hydroxylation sites is 1. The molecule has 35 heavy (non-hydrogen) atoms. The SMILES string of the molecule is CC(C)c1ccc(CC2Cc3ccccc3NC(=O)[C@@H]2N[C@@H](Cc2ccccc2)C(=O)O)cc1.Cl. The molecule has 1 unspecified atom stereocenters. The second-order valence-corrected chi connectivity index (χ2v) is 9.44. The van der Waals surface area contributed by atoms with Gasteiger partial charge in [0.25, 0.3) is 0 Å². The van der Waals surface area contributed by atoms with Crippen LogP contribution in [0.3, 0.4) is 0 Å². The number of carboxylic acids is 1. The van der Waals surface area contributed by atoms with Crippen LogP contribution in [0.2, 0.25) is 0 Å². The highest BCUT2D eigenvalue weighted by Crippen LogP contribution is 2.28. The number of rotatable bonds is 8. The van der Waals surface area contributed by atoms with Crippen LogP contribution in [0, 0.1) is 5.92 Å². The largest absolute Gasteiger partial charge is 0.480 e. The number of benzene rings is 3. The lowest BCUT2D eigenvalue weighted by molar-refractivity contribution is -0.140. The monoisotopic (exact) mass is 492 g/mol. The van der Waals surface area contributed by atoms with Crippen LogP contribution in [-0.4, -0.2) is 29.1 Å². The molecule has 6 heteroatoms. The summed E-state index contributed by atoms with van der Waals surface area (Å²) in [6, 6.07) is 24.4. The number of hydrogen-bond donors (Lipinski definition) is 3. The fourth-order valence-electron chi connectivity index (χ4n) is 4.67. The van der Waals surface area contributed by atoms with Gasteiger partial charge < -0.3 is 10.4 Å². The number of fused-ring (bicyclic) bond motifs is 1. The van der Waals surface area contributed by atoms with Crippen molar-refractivity contribution >= 4 is 30.0 Å². The summed E-state index contributed by atoms with van der Waals surface area (Å²) >= 11 is 0. The molecule has 5 nitrogen and oxygen atoms in total. The molecule has 0 aromatic heterocycles. The van der Waals surface area contributed by atoms with Gasteiger partial charge in [0, 0.05) is 5.69 Å². The van der Waals surface area contributed by atoms with Crippen LogP contribution in [0.4, 0.5) is 5.69 Å². The highest BCUT2D eigenvalue weighted by molar-refractivity contribution is 5.97. The quantitative estimate of drug-likeness (QED) is 0.402. The Kier molecular flexibility index (Phi) is 9.07. The van der Waals surface area contributed by atoms with E-state index in [0.29, 0.717) is 25.2 Å². The molecule has 3 atom stereocenters. The Morgan fingerprint density at radius 3 is 2.29 bits per heavy atom. The third-order valence-corrected chi connectivity index (χ3v) is 6.62. The summed E-state index contributed by atoms with van der Waals surface area (Å²) in [5.74, 6) is -0.786. The van der Waals surface area contributed by atoms with Gasteiger partial charge in [-0.2, -0.15) is 0 Å². The van der Waals surface area contributed by atoms with Crippen molar-refractivity contribution in [3.05, 3.63) is 101 Å². The molecule has 0 fully saturated rings. The molecule has 1 heterocycles. The molecular weight excluding hydrogens is 460 g/mol. The van der Waals surface area contributed by atoms with E-state index >= 15 is 0 Å². The van der Waals surface area contributed by atoms with Gasteiger partial charge in [0.05, 0.1) is 6.04 Å². The van der Waals surface area contributed by atoms with E-state index in [0.717, 1.165) is 22.4 Å². The van der Waals surface area contributed by atoms with Gasteiger partial charge in [-0.15, -0.1) is 12.4 Å². The predicted octanol–water partition coefficient (Wildman–Crippen LogP) is 5.24. The topological polar surface area (TPSA) is 78.4 Å². The molecule has 3 aromatic rings. The van der Waals surface area contributed by atoms with Crippen molar-refractivity contribution in [3.8, 4) is 0 Å². The van der Waals surface area contributed by atoms with Gasteiger partial charge in [-0.05, 0) is 59.4 Å². The fourth-order valence-corrected chi connectivity index (χ4v) is 4.67. The summed E-state index contributed by atoms with van der Waals surface area (Å²) in [6.07, 6.45) is 1.66. The van der Waals surface area contributed by atoms with E-state index in [9.17, 15) is 14.7 Å². The Balaban J connectivity index is 0.00000342. The van der Waals surface area contributed by atoms with Crippen molar-refractivity contribution in [3.63, 3.8) is 0 Å². The number of aliphatic carboxylic acids is 1. The number of carboxylic acid groups (broad SMARTS) is 1. The summed E-state index contributed by atoms with van der Waals surface area (Å²) < 4.78 is 0. The number of carbonyl (C=O) groups is 2. The number of hydrogen-bond acceptors (Lipinski definition) is 3. The lowest BCUT2D eigenvalue weighted by Gasteiger charge is -2.28. The van der Waals surface area contributed by atoms with Crippen molar-refractivity contribution in [1.82, 2.24) is 5.32 Å². The van der Waals surface area contributed by atoms with E-state index in [4.69, 9.17) is 0 Å². The molecule has 4 rings (SSSR count). The molecule has 0 radical (unpaired) electrons. The number of nitrogens with one attached hydrogen (secondary N) is 2. The first-order valence-electron chi connectivity index (χ1n) is 11.9. The Hall–Kier alpha value is -3.15. The summed E-state index contributed by atoms with van der Waals surface area (Å²) in [5.41, 5.74) is 5.20. The molecular formula is C29H33ClN2O3. The zero-order valence-electron chi connectivity index (χ0n) is 20.1. The second-order valence-electron chi connectivity index (χ2n) is 9.44. The van der Waals surface area contributed by atoms with E-state index < -0.39 is 18.1 Å². The summed E-state index contributed by atoms with van der Waals surface area (Å²) in [4.78, 5) is 25.5. The number of amides is 1. The van der Waals surface area contributed by atoms with Gasteiger partial charge in [0.2, 0.25) is 5.91 Å². The molecule has 0 aliphatic carbocycles. The van der Waals surface area contributed by atoms with Gasteiger partial charge in [0.15, 0.2) is 0 Å². The molecule has 184 valence electrons. The van der Waals surface area contributed by atoms with Crippen molar-refractivity contribution in [2.24, 2.45) is 5.92 Å². The number of anilines is 1. The maximum Gasteiger partial charge on any atom is 0.321 e. The molecule has 3 aromatic carbocycles. The Labute approximate surface area is 213 Å². The summed E-state index contributed by atoms with van der Waals surface area (Å²) in [5, 5.41) is 16.2. The Morgan fingerprint density at radius 1 is 0.971 bits per heavy atom. The van der Waals surface area contributed by atoms with Crippen molar-refractivity contribution in [2.45, 2.75) is 51.1 Å². The van der Waals surface area contributed by atoms with E-state index in [1.54, 1.807) is 0 Å². The Bertz CT molecular complexity index is 1130. The highest BCUT2D eigenvalue weighted by Gasteiger charge is 2.35. The molecule has 0 saturated heterocycles. The van der Waals surface area contributed by atoms with Gasteiger partial charge >= 0.3 is 5.97 Å². The van der Waals surface area contributed by atoms with Gasteiger partial charge in [0.1, 0.15) is 6.04 Å². The molecule has 0 saturated carbocycles. The van der Waals surface area contributed by atoms with E-state index in [-0.39, 0.29) is 24.2 Å². The zero-order valence-corrected chi connectivity index (χ0v) is 20.9. The van der Waals surface area contributed by atoms with Crippen molar-refractivity contribution < 1.29 is 14.7 Å². The van der Waals surface area contributed by atoms with Crippen LogP contribution in [0.5, 0.6) is 0 Å². The molecule has 3 N–H and O–H groups in total. The molecule has 1 aliphatic heterocycles. The average Bonchev–Trinajstić information content (AvgIpc) is 2.95. The molecule has 1 aliphatic rings. The molecule has 0 spiro atoms. The van der Waals surface area contributed by atoms with E-state index in [1.807, 2.05) is 54.6 Å².